The van der Waals surface area contributed by atoms with Crippen LogP contribution in [-0.2, 0) is 9.53 Å². The van der Waals surface area contributed by atoms with Gasteiger partial charge >= 0.3 is 5.97 Å². The highest BCUT2D eigenvalue weighted by atomic mass is 16.8. The van der Waals surface area contributed by atoms with Gasteiger partial charge in [0.2, 0.25) is 0 Å². The maximum absolute atomic E-state index is 12.7. The van der Waals surface area contributed by atoms with E-state index in [4.69, 9.17) is 9.94 Å². The summed E-state index contributed by atoms with van der Waals surface area (Å²) in [5.74, 6) is -0.301. The topological polar surface area (TPSA) is 96.4 Å². The number of ether oxygens (including phenoxy) is 1. The molecule has 2 aliphatic rings. The largest absolute Gasteiger partial charge is 0.733 e. The molecule has 28 heavy (non-hydrogen) atoms. The normalized spacial score (nSPS) is 21.6. The van der Waals surface area contributed by atoms with Crippen molar-refractivity contribution in [3.63, 3.8) is 0 Å². The first-order valence-electron chi connectivity index (χ1n) is 9.82. The predicted molar refractivity (Wildman–Crippen MR) is 105 cm³/mol. The van der Waals surface area contributed by atoms with Gasteiger partial charge in [0.05, 0.1) is 16.9 Å². The van der Waals surface area contributed by atoms with Crippen molar-refractivity contribution in [2.75, 3.05) is 37.4 Å². The molecule has 1 aromatic carbocycles. The SMILES string of the molecule is CN(C)c1ccc(N([O-])O)cc1C(=O)OCC(=O)N1CCC[C@H]2CCCC[C@H]21. The zero-order valence-corrected chi connectivity index (χ0v) is 16.5. The molecule has 8 nitrogen and oxygen atoms in total. The first-order chi connectivity index (χ1) is 13.4. The van der Waals surface area contributed by atoms with Crippen LogP contribution in [0.2, 0.25) is 0 Å². The number of benzene rings is 1. The summed E-state index contributed by atoms with van der Waals surface area (Å²) >= 11 is 0. The van der Waals surface area contributed by atoms with Crippen LogP contribution in [0.3, 0.4) is 0 Å². The van der Waals surface area contributed by atoms with E-state index in [-0.39, 0.29) is 35.0 Å². The van der Waals surface area contributed by atoms with Crippen molar-refractivity contribution in [3.05, 3.63) is 29.0 Å². The molecule has 154 valence electrons. The average Bonchev–Trinajstić information content (AvgIpc) is 2.70. The number of amides is 1. The van der Waals surface area contributed by atoms with E-state index in [1.54, 1.807) is 25.1 Å². The lowest BCUT2D eigenvalue weighted by Crippen LogP contribution is -2.50. The third kappa shape index (κ3) is 4.39. The Morgan fingerprint density at radius 3 is 2.64 bits per heavy atom. The van der Waals surface area contributed by atoms with E-state index in [0.717, 1.165) is 19.3 Å². The van der Waals surface area contributed by atoms with Gasteiger partial charge < -0.3 is 25.0 Å². The molecule has 2 fully saturated rings. The van der Waals surface area contributed by atoms with Crippen LogP contribution in [0.25, 0.3) is 0 Å². The number of rotatable bonds is 5. The van der Waals surface area contributed by atoms with E-state index in [1.807, 2.05) is 4.90 Å². The molecule has 8 heteroatoms. The lowest BCUT2D eigenvalue weighted by atomic mass is 9.78. The van der Waals surface area contributed by atoms with Crippen LogP contribution < -0.4 is 10.1 Å². The molecule has 1 saturated carbocycles. The predicted octanol–water partition coefficient (Wildman–Crippen LogP) is 2.78. The first kappa shape index (κ1) is 20.4. The summed E-state index contributed by atoms with van der Waals surface area (Å²) in [4.78, 5) is 28.9. The fourth-order valence-corrected chi connectivity index (χ4v) is 4.42. The Bertz CT molecular complexity index is 720. The maximum Gasteiger partial charge on any atom is 0.340 e. The van der Waals surface area contributed by atoms with Crippen molar-refractivity contribution in [3.8, 4) is 0 Å². The Kier molecular flexibility index (Phi) is 6.41. The zero-order valence-electron chi connectivity index (χ0n) is 16.5. The summed E-state index contributed by atoms with van der Waals surface area (Å²) in [6, 6.07) is 4.47. The molecule has 1 saturated heterocycles. The van der Waals surface area contributed by atoms with E-state index in [0.29, 0.717) is 18.2 Å². The van der Waals surface area contributed by atoms with Gasteiger partial charge in [-0.2, -0.15) is 0 Å². The molecule has 0 unspecified atom stereocenters. The first-order valence-corrected chi connectivity index (χ1v) is 9.82. The average molecular weight is 390 g/mol. The highest BCUT2D eigenvalue weighted by Crippen LogP contribution is 2.35. The van der Waals surface area contributed by atoms with Crippen molar-refractivity contribution in [2.45, 2.75) is 44.6 Å². The molecule has 0 aromatic heterocycles. The van der Waals surface area contributed by atoms with Crippen LogP contribution >= 0.6 is 0 Å². The van der Waals surface area contributed by atoms with E-state index < -0.39 is 5.97 Å². The van der Waals surface area contributed by atoms with Crippen LogP contribution in [0, 0.1) is 11.1 Å². The Morgan fingerprint density at radius 1 is 1.21 bits per heavy atom. The maximum atomic E-state index is 12.7. The van der Waals surface area contributed by atoms with Crippen molar-refractivity contribution in [2.24, 2.45) is 5.92 Å². The molecule has 1 N–H and O–H groups in total. The zero-order chi connectivity index (χ0) is 20.3. The smallest absolute Gasteiger partial charge is 0.340 e. The Balaban J connectivity index is 1.68. The molecule has 1 aliphatic carbocycles. The fraction of sp³-hybridized carbons (Fsp3) is 0.600. The number of fused-ring (bicyclic) bond motifs is 1. The summed E-state index contributed by atoms with van der Waals surface area (Å²) < 4.78 is 5.29. The summed E-state index contributed by atoms with van der Waals surface area (Å²) in [5.41, 5.74) is 0.581. The van der Waals surface area contributed by atoms with E-state index in [9.17, 15) is 14.8 Å². The molecule has 1 aliphatic heterocycles. The van der Waals surface area contributed by atoms with E-state index >= 15 is 0 Å². The standard InChI is InChI=1S/C20H28N3O5/c1-21(2)18-10-9-15(23(26)27)12-16(18)20(25)28-13-19(24)22-11-5-7-14-6-3-4-8-17(14)22/h9-10,12,14,17,26H,3-8,11,13H2,1-2H3/q-1/t14-,17-/m1/s1. The second-order valence-corrected chi connectivity index (χ2v) is 7.79. The fourth-order valence-electron chi connectivity index (χ4n) is 4.42. The van der Waals surface area contributed by atoms with Crippen molar-refractivity contribution in [1.29, 1.82) is 0 Å². The highest BCUT2D eigenvalue weighted by molar-refractivity contribution is 5.98. The minimum atomic E-state index is -0.696. The monoisotopic (exact) mass is 390 g/mol. The van der Waals surface area contributed by atoms with Gasteiger partial charge in [-0.1, -0.05) is 12.8 Å². The molecule has 0 bridgehead atoms. The second kappa shape index (κ2) is 8.79. The van der Waals surface area contributed by atoms with Crippen LogP contribution in [0.1, 0.15) is 48.9 Å². The van der Waals surface area contributed by atoms with Gasteiger partial charge in [-0.25, -0.2) is 4.79 Å². The third-order valence-corrected chi connectivity index (χ3v) is 5.79. The number of nitrogens with zero attached hydrogens (tertiary/aromatic N) is 3. The molecular weight excluding hydrogens is 362 g/mol. The van der Waals surface area contributed by atoms with Gasteiger partial charge in [0.25, 0.3) is 5.91 Å². The molecule has 1 heterocycles. The lowest BCUT2D eigenvalue weighted by Gasteiger charge is -2.44. The summed E-state index contributed by atoms with van der Waals surface area (Å²) in [6.45, 7) is 0.394. The summed E-state index contributed by atoms with van der Waals surface area (Å²) in [7, 11) is 3.50. The quantitative estimate of drug-likeness (QED) is 0.610. The van der Waals surface area contributed by atoms with Crippen molar-refractivity contribution in [1.82, 2.24) is 4.90 Å². The van der Waals surface area contributed by atoms with Crippen molar-refractivity contribution < 1.29 is 19.5 Å². The van der Waals surface area contributed by atoms with Crippen LogP contribution in [0.5, 0.6) is 0 Å². The third-order valence-electron chi connectivity index (χ3n) is 5.79. The van der Waals surface area contributed by atoms with Gasteiger partial charge in [0.1, 0.15) is 0 Å². The molecule has 0 radical (unpaired) electrons. The summed E-state index contributed by atoms with van der Waals surface area (Å²) in [6.07, 6.45) is 6.71. The van der Waals surface area contributed by atoms with Gasteiger partial charge in [0.15, 0.2) is 6.61 Å². The Labute approximate surface area is 165 Å². The summed E-state index contributed by atoms with van der Waals surface area (Å²) in [5, 5.41) is 20.0. The molecular formula is C20H28N3O5-. The van der Waals surface area contributed by atoms with Crippen LogP contribution in [-0.4, -0.2) is 55.3 Å². The van der Waals surface area contributed by atoms with Crippen LogP contribution in [0.15, 0.2) is 18.2 Å². The highest BCUT2D eigenvalue weighted by Gasteiger charge is 2.35. The molecule has 1 amide bonds. The lowest BCUT2D eigenvalue weighted by molar-refractivity contribution is -0.140. The molecule has 0 spiro atoms. The molecule has 2 atom stereocenters. The number of hydrogen-bond donors (Lipinski definition) is 1. The minimum Gasteiger partial charge on any atom is -0.733 e. The number of carbonyl (C=O) groups excluding carboxylic acids is 2. The number of esters is 1. The number of anilines is 2. The minimum absolute atomic E-state index is 0.0787. The van der Waals surface area contributed by atoms with Gasteiger partial charge in [-0.3, -0.25) is 10.0 Å². The second-order valence-electron chi connectivity index (χ2n) is 7.79. The molecule has 3 rings (SSSR count). The van der Waals surface area contributed by atoms with Crippen molar-refractivity contribution >= 4 is 23.3 Å². The number of likely N-dealkylation sites (tertiary alicyclic amines) is 1. The van der Waals surface area contributed by atoms with Gasteiger partial charge in [-0.15, -0.1) is 0 Å². The van der Waals surface area contributed by atoms with Gasteiger partial charge in [0, 0.05) is 26.7 Å². The Hall–Kier alpha value is -2.32. The van der Waals surface area contributed by atoms with Gasteiger partial charge in [-0.05, 0) is 49.8 Å². The number of carbonyl (C=O) groups is 2. The van der Waals surface area contributed by atoms with E-state index in [1.165, 1.54) is 31.4 Å². The Morgan fingerprint density at radius 2 is 1.93 bits per heavy atom. The van der Waals surface area contributed by atoms with Crippen LogP contribution in [0.4, 0.5) is 11.4 Å². The number of piperidine rings is 1. The molecule has 1 aromatic rings. The number of hydrogen-bond acceptors (Lipinski definition) is 7. The van der Waals surface area contributed by atoms with E-state index in [2.05, 4.69) is 0 Å².